The van der Waals surface area contributed by atoms with E-state index in [0.29, 0.717) is 25.2 Å². The van der Waals surface area contributed by atoms with Crippen molar-refractivity contribution in [2.75, 3.05) is 6.61 Å². The summed E-state index contributed by atoms with van der Waals surface area (Å²) in [5, 5.41) is 10.2. The van der Waals surface area contributed by atoms with Crippen LogP contribution in [0.2, 0.25) is 0 Å². The van der Waals surface area contributed by atoms with E-state index < -0.39 is 0 Å². The number of carbonyl (C=O) groups excluding carboxylic acids is 1. The van der Waals surface area contributed by atoms with Gasteiger partial charge in [-0.05, 0) is 42.4 Å². The summed E-state index contributed by atoms with van der Waals surface area (Å²) in [6.45, 7) is 6.91. The summed E-state index contributed by atoms with van der Waals surface area (Å²) in [5.74, 6) is 0.308. The van der Waals surface area contributed by atoms with Gasteiger partial charge >= 0.3 is 5.97 Å². The van der Waals surface area contributed by atoms with Crippen LogP contribution in [-0.2, 0) is 28.8 Å². The number of phenolic OH excluding ortho intramolecular Hbond substituents is 1. The van der Waals surface area contributed by atoms with Gasteiger partial charge in [0.1, 0.15) is 5.75 Å². The Morgan fingerprint density at radius 3 is 1.59 bits per heavy atom. The number of esters is 1. The Kier molecular flexibility index (Phi) is 16.9. The molecule has 0 spiro atoms. The van der Waals surface area contributed by atoms with Gasteiger partial charge in [0, 0.05) is 6.42 Å². The number of aryl methyl sites for hydroxylation is 3. The second kappa shape index (κ2) is 19.0. The van der Waals surface area contributed by atoms with Crippen LogP contribution < -0.4 is 0 Å². The van der Waals surface area contributed by atoms with Gasteiger partial charge < -0.3 is 9.84 Å². The molecular weight excluding hydrogens is 396 g/mol. The molecule has 0 bridgehead atoms. The lowest BCUT2D eigenvalue weighted by Crippen LogP contribution is -2.07. The highest BCUT2D eigenvalue weighted by molar-refractivity contribution is 5.69. The molecule has 0 aromatic heterocycles. The van der Waals surface area contributed by atoms with E-state index in [2.05, 4.69) is 6.92 Å². The van der Waals surface area contributed by atoms with Gasteiger partial charge in [0.05, 0.1) is 6.61 Å². The van der Waals surface area contributed by atoms with Crippen LogP contribution in [0.1, 0.15) is 134 Å². The van der Waals surface area contributed by atoms with Gasteiger partial charge in [-0.15, -0.1) is 0 Å². The molecule has 0 aliphatic heterocycles. The molecule has 3 nitrogen and oxygen atoms in total. The lowest BCUT2D eigenvalue weighted by Gasteiger charge is -2.11. The lowest BCUT2D eigenvalue weighted by atomic mass is 9.98. The maximum absolute atomic E-state index is 12.1. The van der Waals surface area contributed by atoms with E-state index in [0.717, 1.165) is 42.4 Å². The minimum absolute atomic E-state index is 0.108. The number of rotatable bonds is 20. The van der Waals surface area contributed by atoms with Crippen molar-refractivity contribution in [2.24, 2.45) is 0 Å². The number of ether oxygens (including phenoxy) is 1. The van der Waals surface area contributed by atoms with Crippen LogP contribution in [0.25, 0.3) is 0 Å². The van der Waals surface area contributed by atoms with Gasteiger partial charge in [0.15, 0.2) is 0 Å². The van der Waals surface area contributed by atoms with E-state index in [1.165, 1.54) is 77.0 Å². The third-order valence-corrected chi connectivity index (χ3v) is 6.47. The predicted octanol–water partition coefficient (Wildman–Crippen LogP) is 8.47. The molecule has 0 aliphatic rings. The second-order valence-electron chi connectivity index (χ2n) is 9.29. The van der Waals surface area contributed by atoms with Crippen LogP contribution in [-0.4, -0.2) is 17.7 Å². The predicted molar refractivity (Wildman–Crippen MR) is 136 cm³/mol. The van der Waals surface area contributed by atoms with Gasteiger partial charge in [-0.3, -0.25) is 4.79 Å². The average Bonchev–Trinajstić information content (AvgIpc) is 2.80. The van der Waals surface area contributed by atoms with Crippen LogP contribution in [0.4, 0.5) is 0 Å². The highest BCUT2D eigenvalue weighted by atomic mass is 16.5. The third-order valence-electron chi connectivity index (χ3n) is 6.47. The maximum atomic E-state index is 12.1. The fourth-order valence-corrected chi connectivity index (χ4v) is 4.32. The van der Waals surface area contributed by atoms with Crippen molar-refractivity contribution in [1.29, 1.82) is 0 Å². The Bertz CT molecular complexity index is 583. The van der Waals surface area contributed by atoms with E-state index >= 15 is 0 Å². The summed E-state index contributed by atoms with van der Waals surface area (Å²) in [6.07, 6.45) is 21.3. The number of hydrogen-bond donors (Lipinski definition) is 1. The minimum Gasteiger partial charge on any atom is -0.507 e. The molecule has 184 valence electrons. The molecule has 0 saturated carbocycles. The lowest BCUT2D eigenvalue weighted by molar-refractivity contribution is -0.143. The highest BCUT2D eigenvalue weighted by Crippen LogP contribution is 2.26. The van der Waals surface area contributed by atoms with Gasteiger partial charge in [0.25, 0.3) is 0 Å². The first-order chi connectivity index (χ1) is 15.6. The fraction of sp³-hybridized carbons (Fsp3) is 0.759. The van der Waals surface area contributed by atoms with Crippen molar-refractivity contribution in [1.82, 2.24) is 0 Å². The summed E-state index contributed by atoms with van der Waals surface area (Å²) in [5.41, 5.74) is 3.05. The summed E-state index contributed by atoms with van der Waals surface area (Å²) in [7, 11) is 0. The molecule has 1 rings (SSSR count). The first-order valence-corrected chi connectivity index (χ1v) is 13.6. The molecule has 32 heavy (non-hydrogen) atoms. The van der Waals surface area contributed by atoms with Crippen molar-refractivity contribution in [2.45, 2.75) is 136 Å². The molecule has 0 aliphatic carbocycles. The first kappa shape index (κ1) is 28.5. The minimum atomic E-state index is -0.108. The topological polar surface area (TPSA) is 46.5 Å². The van der Waals surface area contributed by atoms with Crippen molar-refractivity contribution in [3.8, 4) is 5.75 Å². The molecule has 3 heteroatoms. The average molecular weight is 447 g/mol. The second-order valence-corrected chi connectivity index (χ2v) is 9.29. The van der Waals surface area contributed by atoms with E-state index in [1.807, 2.05) is 26.0 Å². The fourth-order valence-electron chi connectivity index (χ4n) is 4.32. The van der Waals surface area contributed by atoms with Crippen molar-refractivity contribution in [3.05, 3.63) is 28.8 Å². The third kappa shape index (κ3) is 13.1. The monoisotopic (exact) mass is 446 g/mol. The molecule has 1 N–H and O–H groups in total. The van der Waals surface area contributed by atoms with Gasteiger partial charge in [-0.1, -0.05) is 116 Å². The zero-order chi connectivity index (χ0) is 23.4. The maximum Gasteiger partial charge on any atom is 0.306 e. The van der Waals surface area contributed by atoms with Crippen LogP contribution >= 0.6 is 0 Å². The Balaban J connectivity index is 1.98. The van der Waals surface area contributed by atoms with Gasteiger partial charge in [0.2, 0.25) is 0 Å². The molecule has 1 aromatic carbocycles. The van der Waals surface area contributed by atoms with E-state index in [-0.39, 0.29) is 5.97 Å². The molecule has 0 saturated heterocycles. The van der Waals surface area contributed by atoms with Crippen molar-refractivity contribution < 1.29 is 14.6 Å². The number of carbonyl (C=O) groups is 1. The van der Waals surface area contributed by atoms with Crippen LogP contribution in [0.5, 0.6) is 5.75 Å². The van der Waals surface area contributed by atoms with E-state index in [9.17, 15) is 9.90 Å². The Labute approximate surface area is 198 Å². The van der Waals surface area contributed by atoms with Crippen molar-refractivity contribution in [3.63, 3.8) is 0 Å². The zero-order valence-electron chi connectivity index (χ0n) is 21.4. The van der Waals surface area contributed by atoms with E-state index in [4.69, 9.17) is 4.74 Å². The van der Waals surface area contributed by atoms with Gasteiger partial charge in [-0.2, -0.15) is 0 Å². The standard InChI is InChI=1S/C29H50O3/c1-4-7-8-9-10-11-12-13-14-15-16-17-18-19-22-32-28(30)21-20-25-23-26(5-2)29(31)27(6-3)24-25/h23-24,31H,4-22H2,1-3H3. The summed E-state index contributed by atoms with van der Waals surface area (Å²) in [6, 6.07) is 4.05. The smallest absolute Gasteiger partial charge is 0.306 e. The molecule has 1 aromatic rings. The molecule has 0 atom stereocenters. The number of aromatic hydroxyl groups is 1. The number of phenols is 1. The van der Waals surface area contributed by atoms with E-state index in [1.54, 1.807) is 0 Å². The quantitative estimate of drug-likeness (QED) is 0.161. The molecule has 0 radical (unpaired) electrons. The largest absolute Gasteiger partial charge is 0.507 e. The Morgan fingerprint density at radius 2 is 1.16 bits per heavy atom. The van der Waals surface area contributed by atoms with Crippen LogP contribution in [0, 0.1) is 0 Å². The molecular formula is C29H50O3. The van der Waals surface area contributed by atoms with Gasteiger partial charge in [-0.25, -0.2) is 0 Å². The van der Waals surface area contributed by atoms with Crippen molar-refractivity contribution >= 4 is 5.97 Å². The first-order valence-electron chi connectivity index (χ1n) is 13.6. The normalized spacial score (nSPS) is 11.1. The SMILES string of the molecule is CCCCCCCCCCCCCCCCOC(=O)CCc1cc(CC)c(O)c(CC)c1. The summed E-state index contributed by atoms with van der Waals surface area (Å²) >= 11 is 0. The summed E-state index contributed by atoms with van der Waals surface area (Å²) < 4.78 is 5.42. The molecule has 0 heterocycles. The number of unbranched alkanes of at least 4 members (excludes halogenated alkanes) is 13. The Morgan fingerprint density at radius 1 is 0.719 bits per heavy atom. The molecule has 0 unspecified atom stereocenters. The summed E-state index contributed by atoms with van der Waals surface area (Å²) in [4.78, 5) is 12.1. The van der Waals surface area contributed by atoms with Crippen LogP contribution in [0.15, 0.2) is 12.1 Å². The molecule has 0 amide bonds. The number of benzene rings is 1. The highest BCUT2D eigenvalue weighted by Gasteiger charge is 2.10. The van der Waals surface area contributed by atoms with Crippen LogP contribution in [0.3, 0.4) is 0 Å². The number of hydrogen-bond acceptors (Lipinski definition) is 3. The Hall–Kier alpha value is -1.51. The molecule has 0 fully saturated rings. The zero-order valence-corrected chi connectivity index (χ0v) is 21.4.